The van der Waals surface area contributed by atoms with Crippen LogP contribution in [0.4, 0.5) is 0 Å². The molecule has 1 amide bonds. The van der Waals surface area contributed by atoms with Gasteiger partial charge >= 0.3 is 5.97 Å². The molecule has 2 aromatic rings. The quantitative estimate of drug-likeness (QED) is 0.847. The van der Waals surface area contributed by atoms with Gasteiger partial charge in [0.1, 0.15) is 0 Å². The molecule has 0 atom stereocenters. The Kier molecular flexibility index (Phi) is 5.73. The van der Waals surface area contributed by atoms with Gasteiger partial charge in [0.25, 0.3) is 5.91 Å². The fourth-order valence-corrected chi connectivity index (χ4v) is 2.44. The summed E-state index contributed by atoms with van der Waals surface area (Å²) in [5.41, 5.74) is 2.49. The molecule has 0 unspecified atom stereocenters. The third-order valence-electron chi connectivity index (χ3n) is 3.56. The molecule has 2 rings (SSSR count). The number of hydrogen-bond acceptors (Lipinski definition) is 3. The maximum absolute atomic E-state index is 12.7. The molecule has 128 valence electrons. The zero-order valence-electron chi connectivity index (χ0n) is 14.3. The summed E-state index contributed by atoms with van der Waals surface area (Å²) >= 11 is 0. The molecular weight excluding hydrogens is 306 g/mol. The second kappa shape index (κ2) is 7.77. The summed E-state index contributed by atoms with van der Waals surface area (Å²) in [6.45, 7) is 6.72. The van der Waals surface area contributed by atoms with Crippen LogP contribution >= 0.6 is 0 Å². The van der Waals surface area contributed by atoms with E-state index in [0.717, 1.165) is 11.3 Å². The number of carbonyl (C=O) groups is 2. The maximum atomic E-state index is 12.7. The van der Waals surface area contributed by atoms with Gasteiger partial charge in [-0.15, -0.1) is 0 Å². The Labute approximate surface area is 141 Å². The van der Waals surface area contributed by atoms with Gasteiger partial charge in [-0.25, -0.2) is 4.68 Å². The van der Waals surface area contributed by atoms with E-state index in [1.54, 1.807) is 27.9 Å². The number of aliphatic carboxylic acids is 1. The van der Waals surface area contributed by atoms with Crippen molar-refractivity contribution in [3.8, 4) is 5.69 Å². The van der Waals surface area contributed by atoms with Crippen molar-refractivity contribution in [3.05, 3.63) is 47.8 Å². The summed E-state index contributed by atoms with van der Waals surface area (Å²) in [5, 5.41) is 13.1. The fraction of sp³-hybridized carbons (Fsp3) is 0.389. The molecule has 0 saturated heterocycles. The van der Waals surface area contributed by atoms with Gasteiger partial charge in [0.15, 0.2) is 0 Å². The minimum Gasteiger partial charge on any atom is -0.481 e. The number of nitrogens with zero attached hydrogens (tertiary/aromatic N) is 3. The Hall–Kier alpha value is -2.63. The smallest absolute Gasteiger partial charge is 0.305 e. The Morgan fingerprint density at radius 3 is 2.42 bits per heavy atom. The molecular formula is C18H23N3O3. The largest absolute Gasteiger partial charge is 0.481 e. The van der Waals surface area contributed by atoms with E-state index in [9.17, 15) is 9.59 Å². The number of rotatable bonds is 7. The molecule has 0 aliphatic rings. The topological polar surface area (TPSA) is 75.4 Å². The summed E-state index contributed by atoms with van der Waals surface area (Å²) in [7, 11) is 0. The molecule has 1 heterocycles. The van der Waals surface area contributed by atoms with Crippen molar-refractivity contribution in [3.63, 3.8) is 0 Å². The Bertz CT molecular complexity index is 705. The van der Waals surface area contributed by atoms with E-state index in [0.29, 0.717) is 12.1 Å². The summed E-state index contributed by atoms with van der Waals surface area (Å²) in [4.78, 5) is 25.1. The van der Waals surface area contributed by atoms with Crippen molar-refractivity contribution >= 4 is 11.9 Å². The standard InChI is InChI=1S/C18H23N3O3/c1-13(2)11-20(9-8-17(22)23)18(24)15-4-6-16(7-5-15)21-12-14(3)10-19-21/h4-7,10,12-13H,8-9,11H2,1-3H3,(H,22,23). The first-order valence-corrected chi connectivity index (χ1v) is 7.99. The van der Waals surface area contributed by atoms with Crippen LogP contribution in [0.2, 0.25) is 0 Å². The van der Waals surface area contributed by atoms with E-state index in [2.05, 4.69) is 5.10 Å². The molecule has 1 N–H and O–H groups in total. The van der Waals surface area contributed by atoms with Crippen molar-refractivity contribution in [2.24, 2.45) is 5.92 Å². The van der Waals surface area contributed by atoms with Gasteiger partial charge in [0.2, 0.25) is 0 Å². The lowest BCUT2D eigenvalue weighted by Gasteiger charge is -2.24. The van der Waals surface area contributed by atoms with Crippen LogP contribution in [0.15, 0.2) is 36.7 Å². The van der Waals surface area contributed by atoms with Crippen LogP contribution < -0.4 is 0 Å². The minimum absolute atomic E-state index is 0.0525. The van der Waals surface area contributed by atoms with E-state index in [-0.39, 0.29) is 24.8 Å². The molecule has 0 aliphatic heterocycles. The van der Waals surface area contributed by atoms with Crippen molar-refractivity contribution in [2.45, 2.75) is 27.2 Å². The molecule has 1 aromatic carbocycles. The van der Waals surface area contributed by atoms with Crippen molar-refractivity contribution in [2.75, 3.05) is 13.1 Å². The molecule has 24 heavy (non-hydrogen) atoms. The normalized spacial score (nSPS) is 10.8. The lowest BCUT2D eigenvalue weighted by molar-refractivity contribution is -0.137. The number of carbonyl (C=O) groups excluding carboxylic acids is 1. The number of aryl methyl sites for hydroxylation is 1. The highest BCUT2D eigenvalue weighted by Gasteiger charge is 2.18. The molecule has 0 aliphatic carbocycles. The number of hydrogen-bond donors (Lipinski definition) is 1. The average Bonchev–Trinajstić information content (AvgIpc) is 2.97. The van der Waals surface area contributed by atoms with Crippen LogP contribution in [-0.4, -0.2) is 44.8 Å². The second-order valence-electron chi connectivity index (χ2n) is 6.30. The van der Waals surface area contributed by atoms with Gasteiger partial charge < -0.3 is 10.0 Å². The lowest BCUT2D eigenvalue weighted by atomic mass is 10.1. The van der Waals surface area contributed by atoms with Crippen molar-refractivity contribution in [1.82, 2.24) is 14.7 Å². The maximum Gasteiger partial charge on any atom is 0.305 e. The first kappa shape index (κ1) is 17.7. The van der Waals surface area contributed by atoms with E-state index >= 15 is 0 Å². The van der Waals surface area contributed by atoms with Crippen LogP contribution in [0.25, 0.3) is 5.69 Å². The SMILES string of the molecule is Cc1cnn(-c2ccc(C(=O)N(CCC(=O)O)CC(C)C)cc2)c1. The number of benzene rings is 1. The van der Waals surface area contributed by atoms with E-state index < -0.39 is 5.97 Å². The van der Waals surface area contributed by atoms with Crippen LogP contribution in [0.5, 0.6) is 0 Å². The lowest BCUT2D eigenvalue weighted by Crippen LogP contribution is -2.36. The molecule has 0 fully saturated rings. The number of amides is 1. The zero-order chi connectivity index (χ0) is 17.7. The average molecular weight is 329 g/mol. The molecule has 0 radical (unpaired) electrons. The summed E-state index contributed by atoms with van der Waals surface area (Å²) in [6, 6.07) is 7.18. The number of carboxylic acid groups (broad SMARTS) is 1. The Balaban J connectivity index is 2.14. The summed E-state index contributed by atoms with van der Waals surface area (Å²) in [5.74, 6) is -0.775. The highest BCUT2D eigenvalue weighted by atomic mass is 16.4. The van der Waals surface area contributed by atoms with E-state index in [4.69, 9.17) is 5.11 Å². The van der Waals surface area contributed by atoms with Gasteiger partial charge in [-0.05, 0) is 42.7 Å². The Morgan fingerprint density at radius 1 is 1.25 bits per heavy atom. The Morgan fingerprint density at radius 2 is 1.92 bits per heavy atom. The van der Waals surface area contributed by atoms with E-state index in [1.807, 2.05) is 39.1 Å². The highest BCUT2D eigenvalue weighted by molar-refractivity contribution is 5.94. The first-order valence-electron chi connectivity index (χ1n) is 7.99. The van der Waals surface area contributed by atoms with Crippen LogP contribution in [0.3, 0.4) is 0 Å². The third kappa shape index (κ3) is 4.68. The van der Waals surface area contributed by atoms with Crippen molar-refractivity contribution in [1.29, 1.82) is 0 Å². The van der Waals surface area contributed by atoms with Gasteiger partial charge in [-0.3, -0.25) is 9.59 Å². The molecule has 6 nitrogen and oxygen atoms in total. The zero-order valence-corrected chi connectivity index (χ0v) is 14.3. The monoisotopic (exact) mass is 329 g/mol. The summed E-state index contributed by atoms with van der Waals surface area (Å²) < 4.78 is 1.75. The fourth-order valence-electron chi connectivity index (χ4n) is 2.44. The van der Waals surface area contributed by atoms with Gasteiger partial charge in [-0.1, -0.05) is 13.8 Å². The van der Waals surface area contributed by atoms with Gasteiger partial charge in [0.05, 0.1) is 18.3 Å². The highest BCUT2D eigenvalue weighted by Crippen LogP contribution is 2.13. The molecule has 0 saturated carbocycles. The van der Waals surface area contributed by atoms with Crippen LogP contribution in [-0.2, 0) is 4.79 Å². The molecule has 1 aromatic heterocycles. The predicted molar refractivity (Wildman–Crippen MR) is 91.3 cm³/mol. The number of carboxylic acids is 1. The van der Waals surface area contributed by atoms with Crippen LogP contribution in [0, 0.1) is 12.8 Å². The van der Waals surface area contributed by atoms with E-state index in [1.165, 1.54) is 0 Å². The van der Waals surface area contributed by atoms with Crippen LogP contribution in [0.1, 0.15) is 36.2 Å². The first-order chi connectivity index (χ1) is 11.4. The van der Waals surface area contributed by atoms with Gasteiger partial charge in [-0.2, -0.15) is 5.10 Å². The van der Waals surface area contributed by atoms with Gasteiger partial charge in [0, 0.05) is 24.8 Å². The minimum atomic E-state index is -0.902. The summed E-state index contributed by atoms with van der Waals surface area (Å²) in [6.07, 6.45) is 3.63. The second-order valence-corrected chi connectivity index (χ2v) is 6.30. The molecule has 0 bridgehead atoms. The predicted octanol–water partition coefficient (Wildman–Crippen LogP) is 2.75. The number of aromatic nitrogens is 2. The molecule has 0 spiro atoms. The third-order valence-corrected chi connectivity index (χ3v) is 3.56. The molecule has 6 heteroatoms. The van der Waals surface area contributed by atoms with Crippen molar-refractivity contribution < 1.29 is 14.7 Å².